The van der Waals surface area contributed by atoms with Crippen LogP contribution in [-0.2, 0) is 30.4 Å². The largest absolute Gasteiger partial charge is 0.489 e. The highest BCUT2D eigenvalue weighted by Crippen LogP contribution is 2.39. The van der Waals surface area contributed by atoms with Gasteiger partial charge in [-0.15, -0.1) is 0 Å². The summed E-state index contributed by atoms with van der Waals surface area (Å²) in [6, 6.07) is 24.7. The van der Waals surface area contributed by atoms with E-state index in [1.807, 2.05) is 42.5 Å². The fourth-order valence-electron chi connectivity index (χ4n) is 9.45. The van der Waals surface area contributed by atoms with Crippen LogP contribution in [0.5, 0.6) is 5.75 Å². The van der Waals surface area contributed by atoms with E-state index in [1.165, 1.54) is 120 Å². The fraction of sp³-hybridized carbons (Fsp3) is 0.321. The van der Waals surface area contributed by atoms with Gasteiger partial charge in [0.1, 0.15) is 5.69 Å². The zero-order valence-electron chi connectivity index (χ0n) is 40.9. The molecule has 8 bridgehead atoms. The van der Waals surface area contributed by atoms with E-state index in [0.717, 1.165) is 19.3 Å². The number of rotatable bonds is 24. The van der Waals surface area contributed by atoms with E-state index in [2.05, 4.69) is 16.9 Å². The van der Waals surface area contributed by atoms with Gasteiger partial charge in [0.05, 0.1) is 43.9 Å². The van der Waals surface area contributed by atoms with E-state index in [-0.39, 0.29) is 14.7 Å². The summed E-state index contributed by atoms with van der Waals surface area (Å²) in [5.41, 5.74) is 7.78. The van der Waals surface area contributed by atoms with Crippen molar-refractivity contribution in [1.82, 2.24) is 19.9 Å². The Morgan fingerprint density at radius 3 is 1.01 bits per heavy atom. The number of fused-ring (bicyclic) bond motifs is 8. The van der Waals surface area contributed by atoms with Crippen LogP contribution in [0.1, 0.15) is 132 Å². The first-order chi connectivity index (χ1) is 35.1. The molecule has 0 unspecified atom stereocenters. The Morgan fingerprint density at radius 2 is 0.671 bits per heavy atom. The topological polar surface area (TPSA) is 230 Å². The zero-order valence-corrected chi connectivity index (χ0v) is 43.3. The molecule has 2 aliphatic rings. The predicted molar refractivity (Wildman–Crippen MR) is 290 cm³/mol. The molecular formula is C56H62N4O10S3. The lowest BCUT2D eigenvalue weighted by Crippen LogP contribution is -2.00. The molecule has 17 heteroatoms. The van der Waals surface area contributed by atoms with E-state index in [1.54, 1.807) is 42.5 Å². The third-order valence-corrected chi connectivity index (χ3v) is 15.9. The molecule has 0 saturated carbocycles. The van der Waals surface area contributed by atoms with Crippen molar-refractivity contribution in [3.8, 4) is 39.1 Å². The highest BCUT2D eigenvalue weighted by atomic mass is 32.2. The smallest absolute Gasteiger partial charge is 0.294 e. The normalized spacial score (nSPS) is 12.7. The van der Waals surface area contributed by atoms with Crippen molar-refractivity contribution >= 4 is 76.7 Å². The molecule has 2 aliphatic heterocycles. The molecule has 0 amide bonds. The Labute approximate surface area is 428 Å². The van der Waals surface area contributed by atoms with Gasteiger partial charge >= 0.3 is 0 Å². The van der Waals surface area contributed by atoms with Crippen molar-refractivity contribution in [1.29, 1.82) is 0 Å². The summed E-state index contributed by atoms with van der Waals surface area (Å²) in [5, 5.41) is 0. The molecule has 3 aromatic heterocycles. The number of hydrogen-bond acceptors (Lipinski definition) is 9. The van der Waals surface area contributed by atoms with Gasteiger partial charge in [0.2, 0.25) is 0 Å². The van der Waals surface area contributed by atoms with Gasteiger partial charge < -0.3 is 14.7 Å². The summed E-state index contributed by atoms with van der Waals surface area (Å²) in [6.45, 7) is 2.68. The second kappa shape index (κ2) is 23.8. The molecule has 14 nitrogen and oxygen atoms in total. The maximum absolute atomic E-state index is 12.1. The Bertz CT molecular complexity index is 3420. The number of unbranched alkanes of at least 4 members (excludes halogenated alkanes) is 15. The molecule has 6 aromatic rings. The summed E-state index contributed by atoms with van der Waals surface area (Å²) in [7, 11) is -13.5. The highest BCUT2D eigenvalue weighted by molar-refractivity contribution is 7.86. The number of benzene rings is 3. The number of nitrogens with one attached hydrogen (secondary N) is 2. The van der Waals surface area contributed by atoms with Crippen LogP contribution >= 0.6 is 0 Å². The monoisotopic (exact) mass is 1050 g/mol. The molecule has 384 valence electrons. The average molecular weight is 1050 g/mol. The first-order valence-electron chi connectivity index (χ1n) is 25.1. The molecule has 8 rings (SSSR count). The Balaban J connectivity index is 1.19. The lowest BCUT2D eigenvalue weighted by molar-refractivity contribution is 0.305. The maximum atomic E-state index is 12.1. The molecule has 0 aliphatic carbocycles. The number of nitrogens with zero attached hydrogens (tertiary/aromatic N) is 2. The third-order valence-electron chi connectivity index (χ3n) is 13.3. The first-order valence-corrected chi connectivity index (χ1v) is 29.4. The van der Waals surface area contributed by atoms with Gasteiger partial charge in [-0.1, -0.05) is 140 Å². The van der Waals surface area contributed by atoms with Crippen LogP contribution in [0.15, 0.2) is 112 Å². The van der Waals surface area contributed by atoms with Crippen molar-refractivity contribution in [2.75, 3.05) is 6.61 Å². The molecule has 5 heterocycles. The first kappa shape index (κ1) is 53.1. The number of H-pyrrole nitrogens is 2. The van der Waals surface area contributed by atoms with Crippen LogP contribution in [0.2, 0.25) is 0 Å². The lowest BCUT2D eigenvalue weighted by Gasteiger charge is -2.09. The van der Waals surface area contributed by atoms with E-state index >= 15 is 0 Å². The van der Waals surface area contributed by atoms with Crippen molar-refractivity contribution < 1.29 is 43.6 Å². The summed E-state index contributed by atoms with van der Waals surface area (Å²) in [6.07, 6.45) is 27.3. The van der Waals surface area contributed by atoms with E-state index < -0.39 is 30.4 Å². The minimum atomic E-state index is -4.51. The Kier molecular flexibility index (Phi) is 17.3. The van der Waals surface area contributed by atoms with Crippen molar-refractivity contribution in [3.63, 3.8) is 0 Å². The van der Waals surface area contributed by atoms with Crippen LogP contribution in [0, 0.1) is 0 Å². The molecule has 3 aromatic carbocycles. The molecular weight excluding hydrogens is 985 g/mol. The Morgan fingerprint density at radius 1 is 0.384 bits per heavy atom. The molecule has 0 spiro atoms. The predicted octanol–water partition coefficient (Wildman–Crippen LogP) is 14.0. The van der Waals surface area contributed by atoms with Gasteiger partial charge in [0, 0.05) is 33.2 Å². The van der Waals surface area contributed by atoms with Gasteiger partial charge in [0.25, 0.3) is 30.4 Å². The van der Waals surface area contributed by atoms with Crippen molar-refractivity contribution in [2.45, 2.75) is 124 Å². The standard InChI is InChI=1S/C56H62N4O10S3/c1-2-3-4-5-6-7-8-9-10-11-12-13-14-15-16-17-38-70-56-51-36-34-49(59-51)54(40-20-26-43(27-21-40)72(64,65)66)47-32-30-45(57-47)53(39-18-24-42(25-19-39)71(61,62)63)46-31-33-48(58-46)55(50-35-37-52(56)60-50)41-22-28-44(29-23-41)73(67,68)69/h18-37,57,60H,2-17,38H2,1H3,(H,61,62,63)(H,64,65,66)(H,67,68,69). The number of aromatic nitrogens is 4. The van der Waals surface area contributed by atoms with E-state index in [4.69, 9.17) is 14.7 Å². The SMILES string of the molecule is CCCCCCCCCCCCCCCCCCOc1c2nc(c(-c3ccc(S(=O)(=O)O)cc3)c3ccc([nH]3)c(-c3ccc(S(=O)(=O)O)cc3)c3nc(c(-c4ccc(S(=O)(=O)O)cc4)c4ccc1[nH]4)C=C3)C=C2. The molecule has 73 heavy (non-hydrogen) atoms. The average Bonchev–Trinajstić information content (AvgIpc) is 4.22. The molecule has 5 N–H and O–H groups in total. The third kappa shape index (κ3) is 13.5. The lowest BCUT2D eigenvalue weighted by atomic mass is 10.0. The highest BCUT2D eigenvalue weighted by Gasteiger charge is 2.21. The molecule has 0 saturated heterocycles. The fourth-order valence-corrected chi connectivity index (χ4v) is 10.9. The zero-order chi connectivity index (χ0) is 51.6. The minimum Gasteiger partial charge on any atom is -0.489 e. The van der Waals surface area contributed by atoms with E-state index in [0.29, 0.717) is 90.6 Å². The summed E-state index contributed by atoms with van der Waals surface area (Å²) < 4.78 is 109. The number of hydrogen-bond donors (Lipinski definition) is 5. The summed E-state index contributed by atoms with van der Waals surface area (Å²) >= 11 is 0. The van der Waals surface area contributed by atoms with Gasteiger partial charge in [-0.05, 0) is 108 Å². The minimum absolute atomic E-state index is 0.276. The van der Waals surface area contributed by atoms with Gasteiger partial charge in [-0.2, -0.15) is 25.3 Å². The quantitative estimate of drug-likeness (QED) is 0.0281. The van der Waals surface area contributed by atoms with E-state index in [9.17, 15) is 38.9 Å². The van der Waals surface area contributed by atoms with Crippen LogP contribution in [0.25, 0.3) is 79.8 Å². The number of aromatic amines is 2. The molecule has 0 fully saturated rings. The second-order valence-electron chi connectivity index (χ2n) is 18.6. The summed E-state index contributed by atoms with van der Waals surface area (Å²) in [5.74, 6) is 0.486. The molecule has 0 radical (unpaired) electrons. The summed E-state index contributed by atoms with van der Waals surface area (Å²) in [4.78, 5) is 16.5. The van der Waals surface area contributed by atoms with Gasteiger partial charge in [-0.3, -0.25) is 13.7 Å². The van der Waals surface area contributed by atoms with Crippen molar-refractivity contribution in [3.05, 3.63) is 120 Å². The van der Waals surface area contributed by atoms with Crippen molar-refractivity contribution in [2.24, 2.45) is 0 Å². The molecule has 0 atom stereocenters. The maximum Gasteiger partial charge on any atom is 0.294 e. The van der Waals surface area contributed by atoms with Crippen LogP contribution < -0.4 is 4.74 Å². The van der Waals surface area contributed by atoms with Crippen LogP contribution in [0.3, 0.4) is 0 Å². The van der Waals surface area contributed by atoms with Gasteiger partial charge in [0.15, 0.2) is 5.75 Å². The number of ether oxygens (including phenoxy) is 1. The van der Waals surface area contributed by atoms with Gasteiger partial charge in [-0.25, -0.2) is 9.97 Å². The Hall–Kier alpha value is -6.21. The van der Waals surface area contributed by atoms with Crippen LogP contribution in [0.4, 0.5) is 0 Å². The van der Waals surface area contributed by atoms with Crippen LogP contribution in [-0.4, -0.2) is 65.5 Å². The second-order valence-corrected chi connectivity index (χ2v) is 22.9.